The van der Waals surface area contributed by atoms with E-state index in [4.69, 9.17) is 4.74 Å². The van der Waals surface area contributed by atoms with Crippen LogP contribution in [0.2, 0.25) is 0 Å². The lowest BCUT2D eigenvalue weighted by atomic mass is 9.73. The van der Waals surface area contributed by atoms with Gasteiger partial charge >= 0.3 is 6.03 Å². The molecule has 1 aromatic carbocycles. The van der Waals surface area contributed by atoms with Crippen molar-refractivity contribution in [2.45, 2.75) is 38.1 Å². The minimum absolute atomic E-state index is 0.0934. The molecule has 3 fully saturated rings. The molecule has 8 nitrogen and oxygen atoms in total. The molecule has 0 bridgehead atoms. The molecule has 1 saturated carbocycles. The molecule has 3 aliphatic rings. The van der Waals surface area contributed by atoms with Crippen LogP contribution in [0.5, 0.6) is 5.75 Å². The molecule has 162 valence electrons. The molecule has 2 aliphatic heterocycles. The Bertz CT molecular complexity index is 819. The molecule has 2 atom stereocenters. The van der Waals surface area contributed by atoms with Crippen LogP contribution in [0.25, 0.3) is 0 Å². The molecule has 2 saturated heterocycles. The summed E-state index contributed by atoms with van der Waals surface area (Å²) in [6, 6.07) is 7.43. The number of urea groups is 1. The lowest BCUT2D eigenvalue weighted by molar-refractivity contribution is -0.140. The number of methoxy groups -OCH3 is 1. The van der Waals surface area contributed by atoms with Crippen LogP contribution in [0.15, 0.2) is 24.3 Å². The van der Waals surface area contributed by atoms with Crippen molar-refractivity contribution in [2.24, 2.45) is 5.92 Å². The molecule has 4 amide bonds. The third-order valence-electron chi connectivity index (χ3n) is 6.86. The fraction of sp³-hybridized carbons (Fsp3) is 0.591. The van der Waals surface area contributed by atoms with Crippen LogP contribution >= 0.6 is 0 Å². The molecule has 0 aromatic heterocycles. The van der Waals surface area contributed by atoms with Crippen LogP contribution in [-0.2, 0) is 9.59 Å². The molecule has 8 heteroatoms. The van der Waals surface area contributed by atoms with Gasteiger partial charge in [-0.1, -0.05) is 19.8 Å². The van der Waals surface area contributed by atoms with Gasteiger partial charge in [-0.15, -0.1) is 0 Å². The summed E-state index contributed by atoms with van der Waals surface area (Å²) < 4.78 is 5.20. The van der Waals surface area contributed by atoms with Crippen LogP contribution in [0.4, 0.5) is 10.5 Å². The highest BCUT2D eigenvalue weighted by Crippen LogP contribution is 2.38. The Morgan fingerprint density at radius 1 is 1.13 bits per heavy atom. The summed E-state index contributed by atoms with van der Waals surface area (Å²) in [5.41, 5.74) is 0.271. The van der Waals surface area contributed by atoms with E-state index in [0.29, 0.717) is 32.6 Å². The van der Waals surface area contributed by atoms with E-state index >= 15 is 0 Å². The van der Waals surface area contributed by atoms with Gasteiger partial charge in [0, 0.05) is 31.9 Å². The first-order valence-electron chi connectivity index (χ1n) is 10.8. The molecule has 1 N–H and O–H groups in total. The third kappa shape index (κ3) is 3.59. The predicted octanol–water partition coefficient (Wildman–Crippen LogP) is 1.84. The second kappa shape index (κ2) is 8.16. The van der Waals surface area contributed by atoms with Crippen molar-refractivity contribution in [3.05, 3.63) is 24.3 Å². The molecule has 1 spiro atoms. The Hall–Kier alpha value is -2.77. The molecule has 1 aromatic rings. The van der Waals surface area contributed by atoms with E-state index < -0.39 is 11.6 Å². The van der Waals surface area contributed by atoms with Crippen molar-refractivity contribution in [1.29, 1.82) is 0 Å². The van der Waals surface area contributed by atoms with E-state index in [2.05, 4.69) is 10.2 Å². The topological polar surface area (TPSA) is 82.2 Å². The maximum absolute atomic E-state index is 13.1. The van der Waals surface area contributed by atoms with Crippen molar-refractivity contribution in [3.8, 4) is 5.75 Å². The van der Waals surface area contributed by atoms with E-state index in [-0.39, 0.29) is 24.3 Å². The van der Waals surface area contributed by atoms with Crippen LogP contribution in [-0.4, -0.2) is 73.0 Å². The van der Waals surface area contributed by atoms with Crippen LogP contribution < -0.4 is 15.0 Å². The molecule has 0 radical (unpaired) electrons. The number of carbonyl (C=O) groups excluding carboxylic acids is 3. The molecular formula is C22H30N4O4. The molecule has 4 rings (SSSR count). The van der Waals surface area contributed by atoms with E-state index in [1.807, 2.05) is 31.2 Å². The first-order valence-corrected chi connectivity index (χ1v) is 10.8. The average molecular weight is 415 g/mol. The van der Waals surface area contributed by atoms with E-state index in [1.54, 1.807) is 12.0 Å². The summed E-state index contributed by atoms with van der Waals surface area (Å²) in [5.74, 6) is 0.500. The zero-order valence-corrected chi connectivity index (χ0v) is 17.7. The number of ether oxygens (including phenoxy) is 1. The summed E-state index contributed by atoms with van der Waals surface area (Å²) in [4.78, 5) is 43.5. The first kappa shape index (κ1) is 20.5. The normalized spacial score (nSPS) is 26.9. The predicted molar refractivity (Wildman–Crippen MR) is 112 cm³/mol. The van der Waals surface area contributed by atoms with Crippen molar-refractivity contribution in [2.75, 3.05) is 44.7 Å². The summed E-state index contributed by atoms with van der Waals surface area (Å²) in [5, 5.41) is 2.91. The number of amides is 4. The number of hydrogen-bond acceptors (Lipinski definition) is 5. The number of benzene rings is 1. The van der Waals surface area contributed by atoms with Gasteiger partial charge in [0.25, 0.3) is 5.91 Å². The number of hydrogen-bond donors (Lipinski definition) is 1. The zero-order chi connectivity index (χ0) is 21.3. The Balaban J connectivity index is 1.34. The maximum Gasteiger partial charge on any atom is 0.325 e. The van der Waals surface area contributed by atoms with Gasteiger partial charge in [-0.05, 0) is 43.0 Å². The van der Waals surface area contributed by atoms with Gasteiger partial charge < -0.3 is 19.9 Å². The van der Waals surface area contributed by atoms with E-state index in [1.165, 1.54) is 0 Å². The Morgan fingerprint density at radius 2 is 1.83 bits per heavy atom. The Morgan fingerprint density at radius 3 is 2.47 bits per heavy atom. The second-order valence-electron chi connectivity index (χ2n) is 8.51. The van der Waals surface area contributed by atoms with Gasteiger partial charge in [-0.2, -0.15) is 0 Å². The fourth-order valence-corrected chi connectivity index (χ4v) is 4.88. The fourth-order valence-electron chi connectivity index (χ4n) is 4.88. The number of nitrogens with zero attached hydrogens (tertiary/aromatic N) is 3. The molecular weight excluding hydrogens is 384 g/mol. The smallest absolute Gasteiger partial charge is 0.325 e. The van der Waals surface area contributed by atoms with Gasteiger partial charge in [0.05, 0.1) is 7.11 Å². The number of carbonyl (C=O) groups is 3. The Kier molecular flexibility index (Phi) is 5.58. The third-order valence-corrected chi connectivity index (χ3v) is 6.86. The van der Waals surface area contributed by atoms with Crippen molar-refractivity contribution >= 4 is 23.5 Å². The summed E-state index contributed by atoms with van der Waals surface area (Å²) in [6.45, 7) is 4.38. The highest BCUT2D eigenvalue weighted by molar-refractivity contribution is 6.09. The molecule has 0 unspecified atom stereocenters. The van der Waals surface area contributed by atoms with Crippen LogP contribution in [0.1, 0.15) is 32.6 Å². The van der Waals surface area contributed by atoms with Gasteiger partial charge in [0.1, 0.15) is 17.8 Å². The zero-order valence-electron chi connectivity index (χ0n) is 17.7. The number of rotatable bonds is 4. The SMILES string of the molecule is COc1ccc(N2CCN(C(=O)CN3C(=O)N[C@@]4(CCCC[C@H]4C)C3=O)CC2)cc1. The molecule has 30 heavy (non-hydrogen) atoms. The van der Waals surface area contributed by atoms with Crippen LogP contribution in [0, 0.1) is 5.92 Å². The summed E-state index contributed by atoms with van der Waals surface area (Å²) >= 11 is 0. The van der Waals surface area contributed by atoms with E-state index in [0.717, 1.165) is 35.6 Å². The van der Waals surface area contributed by atoms with Crippen molar-refractivity contribution < 1.29 is 19.1 Å². The van der Waals surface area contributed by atoms with Crippen molar-refractivity contribution in [1.82, 2.24) is 15.1 Å². The van der Waals surface area contributed by atoms with Crippen molar-refractivity contribution in [3.63, 3.8) is 0 Å². The van der Waals surface area contributed by atoms with Gasteiger partial charge in [0.2, 0.25) is 5.91 Å². The summed E-state index contributed by atoms with van der Waals surface area (Å²) in [6.07, 6.45) is 3.57. The molecule has 2 heterocycles. The monoisotopic (exact) mass is 414 g/mol. The largest absolute Gasteiger partial charge is 0.497 e. The minimum atomic E-state index is -0.817. The van der Waals surface area contributed by atoms with Gasteiger partial charge in [0.15, 0.2) is 0 Å². The highest BCUT2D eigenvalue weighted by atomic mass is 16.5. The van der Waals surface area contributed by atoms with E-state index in [9.17, 15) is 14.4 Å². The minimum Gasteiger partial charge on any atom is -0.497 e. The second-order valence-corrected chi connectivity index (χ2v) is 8.51. The van der Waals surface area contributed by atoms with Gasteiger partial charge in [-0.3, -0.25) is 14.5 Å². The number of piperazine rings is 1. The van der Waals surface area contributed by atoms with Gasteiger partial charge in [-0.25, -0.2) is 4.79 Å². The number of anilines is 1. The maximum atomic E-state index is 13.1. The average Bonchev–Trinajstić information content (AvgIpc) is 3.01. The quantitative estimate of drug-likeness (QED) is 0.761. The highest BCUT2D eigenvalue weighted by Gasteiger charge is 2.55. The summed E-state index contributed by atoms with van der Waals surface area (Å²) in [7, 11) is 1.64. The lowest BCUT2D eigenvalue weighted by Crippen LogP contribution is -2.55. The first-order chi connectivity index (χ1) is 14.4. The number of imide groups is 1. The Labute approximate surface area is 177 Å². The standard InChI is InChI=1S/C22H30N4O4/c1-16-5-3-4-10-22(16)20(28)26(21(29)23-22)15-19(27)25-13-11-24(12-14-25)17-6-8-18(30-2)9-7-17/h6-9,16H,3-5,10-15H2,1-2H3,(H,23,29)/t16-,22-/m1/s1. The number of nitrogens with one attached hydrogen (secondary N) is 1. The molecule has 1 aliphatic carbocycles. The lowest BCUT2D eigenvalue weighted by Gasteiger charge is -2.37. The van der Waals surface area contributed by atoms with Crippen LogP contribution in [0.3, 0.4) is 0 Å².